The molecule has 0 saturated carbocycles. The first kappa shape index (κ1) is 13.3. The third-order valence-electron chi connectivity index (χ3n) is 4.12. The smallest absolute Gasteiger partial charge is 0.127 e. The molecule has 2 unspecified atom stereocenters. The molecule has 1 aliphatic heterocycles. The van der Waals surface area contributed by atoms with Crippen molar-refractivity contribution in [1.82, 2.24) is 4.98 Å². The van der Waals surface area contributed by atoms with Crippen LogP contribution in [0.4, 0.5) is 10.1 Å². The number of aryl methyl sites for hydroxylation is 1. The molecule has 1 fully saturated rings. The van der Waals surface area contributed by atoms with E-state index in [0.29, 0.717) is 6.04 Å². The van der Waals surface area contributed by atoms with E-state index >= 15 is 0 Å². The number of quaternary nitrogens is 1. The van der Waals surface area contributed by atoms with Crippen molar-refractivity contribution in [3.05, 3.63) is 42.8 Å². The molecule has 1 aliphatic rings. The number of halogens is 1. The van der Waals surface area contributed by atoms with Gasteiger partial charge in [0.1, 0.15) is 5.82 Å². The second-order valence-corrected chi connectivity index (χ2v) is 5.70. The number of fused-ring (bicyclic) bond motifs is 1. The topological polar surface area (TPSA) is 20.6 Å². The van der Waals surface area contributed by atoms with E-state index < -0.39 is 0 Å². The minimum Gasteiger partial charge on any atom is -0.463 e. The van der Waals surface area contributed by atoms with E-state index in [4.69, 9.17) is 0 Å². The number of piperazine rings is 1. The first-order valence-electron chi connectivity index (χ1n) is 7.04. The second kappa shape index (κ2) is 5.02. The largest absolute Gasteiger partial charge is 0.463 e. The maximum absolute atomic E-state index is 13.9. The number of rotatable bonds is 1. The molecule has 1 saturated heterocycles. The normalized spacial score (nSPS) is 23.3. The summed E-state index contributed by atoms with van der Waals surface area (Å²) in [6.45, 7) is 6.87. The summed E-state index contributed by atoms with van der Waals surface area (Å²) in [7, 11) is 4.10. The molecule has 2 aromatic rings. The van der Waals surface area contributed by atoms with Crippen LogP contribution < -0.4 is 9.80 Å². The Kier molecular flexibility index (Phi) is 3.34. The van der Waals surface area contributed by atoms with Crippen molar-refractivity contribution >= 4 is 16.6 Å². The fourth-order valence-electron chi connectivity index (χ4n) is 2.84. The number of hydrogen-bond acceptors (Lipinski definition) is 2. The van der Waals surface area contributed by atoms with Gasteiger partial charge in [0.2, 0.25) is 0 Å². The van der Waals surface area contributed by atoms with Gasteiger partial charge < -0.3 is 9.80 Å². The average Bonchev–Trinajstić information content (AvgIpc) is 2.40. The molecule has 2 heterocycles. The van der Waals surface area contributed by atoms with Crippen molar-refractivity contribution in [2.45, 2.75) is 19.9 Å². The van der Waals surface area contributed by atoms with Crippen LogP contribution in [0.3, 0.4) is 0 Å². The highest BCUT2D eigenvalue weighted by atomic mass is 19.1. The number of nitrogens with zero attached hydrogens (tertiary/aromatic N) is 2. The zero-order chi connectivity index (χ0) is 14.3. The Morgan fingerprint density at radius 3 is 2.95 bits per heavy atom. The molecule has 3 rings (SSSR count). The van der Waals surface area contributed by atoms with Crippen LogP contribution in [0, 0.1) is 19.8 Å². The van der Waals surface area contributed by atoms with E-state index in [1.807, 2.05) is 19.1 Å². The van der Waals surface area contributed by atoms with Gasteiger partial charge in [-0.05, 0) is 32.0 Å². The Morgan fingerprint density at radius 1 is 1.40 bits per heavy atom. The fraction of sp³-hybridized carbons (Fsp3) is 0.375. The maximum Gasteiger partial charge on any atom is 0.127 e. The van der Waals surface area contributed by atoms with Crippen molar-refractivity contribution in [3.8, 4) is 0 Å². The summed E-state index contributed by atoms with van der Waals surface area (Å²) in [5, 5.41) is 1.02. The summed E-state index contributed by atoms with van der Waals surface area (Å²) in [6.07, 6.45) is 0. The third-order valence-corrected chi connectivity index (χ3v) is 4.12. The lowest BCUT2D eigenvalue weighted by atomic mass is 10.1. The molecule has 2 atom stereocenters. The van der Waals surface area contributed by atoms with Crippen LogP contribution in [0.25, 0.3) is 10.9 Å². The number of pyridine rings is 1. The van der Waals surface area contributed by atoms with Crippen LogP contribution in [0.1, 0.15) is 12.6 Å². The molecule has 1 aromatic heterocycles. The fourth-order valence-corrected chi connectivity index (χ4v) is 2.84. The molecule has 0 bridgehead atoms. The first-order chi connectivity index (χ1) is 9.54. The predicted molar refractivity (Wildman–Crippen MR) is 79.3 cm³/mol. The van der Waals surface area contributed by atoms with Crippen molar-refractivity contribution in [2.24, 2.45) is 0 Å². The minimum absolute atomic E-state index is 0.220. The van der Waals surface area contributed by atoms with Crippen molar-refractivity contribution < 1.29 is 9.29 Å². The zero-order valence-corrected chi connectivity index (χ0v) is 12.0. The Labute approximate surface area is 119 Å². The highest BCUT2D eigenvalue weighted by molar-refractivity contribution is 5.92. The predicted octanol–water partition coefficient (Wildman–Crippen LogP) is 1.57. The highest BCUT2D eigenvalue weighted by Gasteiger charge is 2.23. The van der Waals surface area contributed by atoms with Crippen molar-refractivity contribution in [1.29, 1.82) is 0 Å². The number of anilines is 1. The van der Waals surface area contributed by atoms with E-state index in [9.17, 15) is 4.39 Å². The minimum atomic E-state index is -0.220. The van der Waals surface area contributed by atoms with Crippen LogP contribution in [0.15, 0.2) is 24.3 Å². The zero-order valence-electron chi connectivity index (χ0n) is 12.0. The monoisotopic (exact) mass is 273 g/mol. The van der Waals surface area contributed by atoms with E-state index in [1.165, 1.54) is 11.0 Å². The molecule has 20 heavy (non-hydrogen) atoms. The van der Waals surface area contributed by atoms with Gasteiger partial charge in [0.15, 0.2) is 0 Å². The SMILES string of the molecule is [CH2-][NH+]1CCN(c2cc(F)cc3nc(C)ccc23)CC1C. The van der Waals surface area contributed by atoms with Crippen LogP contribution in [-0.2, 0) is 0 Å². The summed E-state index contributed by atoms with van der Waals surface area (Å²) in [5.41, 5.74) is 2.60. The standard InChI is InChI=1S/C16H20FN3/c1-11-4-5-14-15(18-11)8-13(17)9-16(14)20-7-6-19(3)12(2)10-20/h4-5,8-9,12,19H,3,6-7,10H2,1-2H3. The molecule has 0 amide bonds. The van der Waals surface area contributed by atoms with Gasteiger partial charge in [-0.1, -0.05) is 0 Å². The molecule has 0 radical (unpaired) electrons. The summed E-state index contributed by atoms with van der Waals surface area (Å²) >= 11 is 0. The molecule has 0 spiro atoms. The number of nitrogens with one attached hydrogen (secondary N) is 1. The van der Waals surface area contributed by atoms with Crippen LogP contribution >= 0.6 is 0 Å². The highest BCUT2D eigenvalue weighted by Crippen LogP contribution is 2.28. The van der Waals surface area contributed by atoms with Gasteiger partial charge in [0, 0.05) is 22.8 Å². The molecule has 1 N–H and O–H groups in total. The van der Waals surface area contributed by atoms with Crippen molar-refractivity contribution in [3.63, 3.8) is 0 Å². The van der Waals surface area contributed by atoms with Gasteiger partial charge in [-0.2, -0.15) is 7.05 Å². The number of benzene rings is 1. The van der Waals surface area contributed by atoms with E-state index in [0.717, 1.165) is 41.9 Å². The number of hydrogen-bond donors (Lipinski definition) is 1. The van der Waals surface area contributed by atoms with Crippen molar-refractivity contribution in [2.75, 3.05) is 24.5 Å². The van der Waals surface area contributed by atoms with E-state index in [1.54, 1.807) is 6.07 Å². The summed E-state index contributed by atoms with van der Waals surface area (Å²) < 4.78 is 13.9. The Morgan fingerprint density at radius 2 is 2.20 bits per heavy atom. The first-order valence-corrected chi connectivity index (χ1v) is 7.04. The van der Waals surface area contributed by atoms with Gasteiger partial charge in [-0.3, -0.25) is 4.98 Å². The van der Waals surface area contributed by atoms with E-state index in [2.05, 4.69) is 23.9 Å². The summed E-state index contributed by atoms with van der Waals surface area (Å²) in [5.74, 6) is -0.220. The van der Waals surface area contributed by atoms with Gasteiger partial charge in [-0.25, -0.2) is 4.39 Å². The molecular weight excluding hydrogens is 253 g/mol. The second-order valence-electron chi connectivity index (χ2n) is 5.70. The summed E-state index contributed by atoms with van der Waals surface area (Å²) in [4.78, 5) is 7.98. The molecular formula is C16H20FN3. The maximum atomic E-state index is 13.9. The van der Waals surface area contributed by atoms with Gasteiger partial charge in [0.05, 0.1) is 31.2 Å². The third kappa shape index (κ3) is 2.36. The molecule has 106 valence electrons. The van der Waals surface area contributed by atoms with Gasteiger partial charge in [0.25, 0.3) is 0 Å². The Hall–Kier alpha value is -1.68. The van der Waals surface area contributed by atoms with Crippen LogP contribution in [0.5, 0.6) is 0 Å². The molecule has 4 heteroatoms. The van der Waals surface area contributed by atoms with Gasteiger partial charge in [-0.15, -0.1) is 0 Å². The van der Waals surface area contributed by atoms with Crippen LogP contribution in [0.2, 0.25) is 0 Å². The number of aromatic nitrogens is 1. The quantitative estimate of drug-likeness (QED) is 0.796. The lowest BCUT2D eigenvalue weighted by Crippen LogP contribution is -3.13. The van der Waals surface area contributed by atoms with Gasteiger partial charge >= 0.3 is 0 Å². The van der Waals surface area contributed by atoms with E-state index in [-0.39, 0.29) is 5.82 Å². The summed E-state index contributed by atoms with van der Waals surface area (Å²) in [6, 6.07) is 7.61. The lowest BCUT2D eigenvalue weighted by Gasteiger charge is -2.40. The molecule has 0 aliphatic carbocycles. The average molecular weight is 273 g/mol. The van der Waals surface area contributed by atoms with Crippen LogP contribution in [-0.4, -0.2) is 30.7 Å². The molecule has 1 aromatic carbocycles. The molecule has 3 nitrogen and oxygen atoms in total. The Balaban J connectivity index is 2.06. The lowest BCUT2D eigenvalue weighted by molar-refractivity contribution is -0.879. The Bertz CT molecular complexity index is 636.